The molecule has 0 aromatic heterocycles. The maximum absolute atomic E-state index is 13.0. The van der Waals surface area contributed by atoms with Gasteiger partial charge in [0, 0.05) is 19.9 Å². The van der Waals surface area contributed by atoms with Crippen molar-refractivity contribution in [3.63, 3.8) is 0 Å². The minimum Gasteiger partial charge on any atom is -0.497 e. The van der Waals surface area contributed by atoms with E-state index < -0.39 is 6.10 Å². The number of benzene rings is 2. The number of oxime groups is 1. The van der Waals surface area contributed by atoms with Gasteiger partial charge in [0.15, 0.2) is 0 Å². The van der Waals surface area contributed by atoms with Crippen LogP contribution in [-0.4, -0.2) is 36.8 Å². The molecule has 0 saturated carbocycles. The monoisotopic (exact) mass is 370 g/mol. The first-order valence-electron chi connectivity index (χ1n) is 8.84. The van der Waals surface area contributed by atoms with Crippen LogP contribution in [0.5, 0.6) is 5.75 Å². The summed E-state index contributed by atoms with van der Waals surface area (Å²) in [6, 6.07) is 13.8. The van der Waals surface area contributed by atoms with Crippen LogP contribution >= 0.6 is 0 Å². The third-order valence-corrected chi connectivity index (χ3v) is 4.85. The molecule has 2 aromatic carbocycles. The molecule has 5 nitrogen and oxygen atoms in total. The highest BCUT2D eigenvalue weighted by molar-refractivity contribution is 5.94. The van der Waals surface area contributed by atoms with Gasteiger partial charge in [-0.05, 0) is 42.3 Å². The van der Waals surface area contributed by atoms with Crippen LogP contribution in [-0.2, 0) is 16.1 Å². The molecular weight excluding hydrogens is 347 g/mol. The minimum absolute atomic E-state index is 0.104. The van der Waals surface area contributed by atoms with Gasteiger partial charge in [-0.2, -0.15) is 0 Å². The summed E-state index contributed by atoms with van der Waals surface area (Å²) in [5, 5.41) is 4.05. The molecule has 0 N–H and O–H groups in total. The van der Waals surface area contributed by atoms with Crippen molar-refractivity contribution < 1.29 is 18.8 Å². The standard InChI is InChI=1S/C21H23FN2O3/c1-14(16-6-10-19(26-3)11-7-16)24(2)21(25)20-13-18(23-27-20)12-15-4-8-17(22)9-5-15/h4-11,14,20H,12-13H2,1-3H3/t14-,20+/m1/s1. The van der Waals surface area contributed by atoms with Crippen LogP contribution in [0.15, 0.2) is 53.7 Å². The molecule has 1 aliphatic heterocycles. The second kappa shape index (κ2) is 8.20. The molecule has 0 spiro atoms. The van der Waals surface area contributed by atoms with E-state index in [1.807, 2.05) is 31.2 Å². The molecule has 1 amide bonds. The van der Waals surface area contributed by atoms with E-state index in [0.29, 0.717) is 12.8 Å². The number of hydrogen-bond donors (Lipinski definition) is 0. The van der Waals surface area contributed by atoms with Gasteiger partial charge in [-0.1, -0.05) is 29.4 Å². The fraction of sp³-hybridized carbons (Fsp3) is 0.333. The third-order valence-electron chi connectivity index (χ3n) is 4.85. The average molecular weight is 370 g/mol. The number of carbonyl (C=O) groups is 1. The van der Waals surface area contributed by atoms with E-state index in [0.717, 1.165) is 22.6 Å². The first kappa shape index (κ1) is 18.9. The Morgan fingerprint density at radius 2 is 1.93 bits per heavy atom. The van der Waals surface area contributed by atoms with Crippen molar-refractivity contribution in [1.29, 1.82) is 0 Å². The first-order valence-corrected chi connectivity index (χ1v) is 8.84. The van der Waals surface area contributed by atoms with Gasteiger partial charge in [0.25, 0.3) is 5.91 Å². The number of hydrogen-bond acceptors (Lipinski definition) is 4. The van der Waals surface area contributed by atoms with Crippen LogP contribution in [0.3, 0.4) is 0 Å². The van der Waals surface area contributed by atoms with Gasteiger partial charge in [-0.25, -0.2) is 4.39 Å². The normalized spacial score (nSPS) is 17.0. The van der Waals surface area contributed by atoms with Gasteiger partial charge in [-0.15, -0.1) is 0 Å². The Balaban J connectivity index is 1.58. The van der Waals surface area contributed by atoms with Crippen molar-refractivity contribution in [3.05, 3.63) is 65.5 Å². The SMILES string of the molecule is COc1ccc([C@@H](C)N(C)C(=O)[C@@H]2CC(Cc3ccc(F)cc3)=NO2)cc1. The van der Waals surface area contributed by atoms with Crippen LogP contribution < -0.4 is 4.74 Å². The van der Waals surface area contributed by atoms with Crippen molar-refractivity contribution >= 4 is 11.6 Å². The molecule has 0 unspecified atom stereocenters. The smallest absolute Gasteiger partial charge is 0.267 e. The zero-order chi connectivity index (χ0) is 19.4. The summed E-state index contributed by atoms with van der Waals surface area (Å²) in [6.07, 6.45) is 0.365. The van der Waals surface area contributed by atoms with Crippen LogP contribution in [0.1, 0.15) is 30.5 Å². The summed E-state index contributed by atoms with van der Waals surface area (Å²) < 4.78 is 18.2. The predicted molar refractivity (Wildman–Crippen MR) is 101 cm³/mol. The van der Waals surface area contributed by atoms with Gasteiger partial charge in [0.2, 0.25) is 6.10 Å². The van der Waals surface area contributed by atoms with E-state index in [9.17, 15) is 9.18 Å². The Morgan fingerprint density at radius 3 is 2.56 bits per heavy atom. The highest BCUT2D eigenvalue weighted by Gasteiger charge is 2.32. The molecule has 142 valence electrons. The highest BCUT2D eigenvalue weighted by Crippen LogP contribution is 2.24. The van der Waals surface area contributed by atoms with Crippen molar-refractivity contribution in [3.8, 4) is 5.75 Å². The maximum atomic E-state index is 13.0. The average Bonchev–Trinajstić information content (AvgIpc) is 3.16. The van der Waals surface area contributed by atoms with Crippen LogP contribution in [0, 0.1) is 5.82 Å². The van der Waals surface area contributed by atoms with Gasteiger partial charge in [-0.3, -0.25) is 4.79 Å². The lowest BCUT2D eigenvalue weighted by molar-refractivity contribution is -0.142. The zero-order valence-electron chi connectivity index (χ0n) is 15.7. The van der Waals surface area contributed by atoms with Crippen LogP contribution in [0.4, 0.5) is 4.39 Å². The van der Waals surface area contributed by atoms with E-state index in [2.05, 4.69) is 5.16 Å². The molecule has 0 bridgehead atoms. The predicted octanol–water partition coefficient (Wildman–Crippen LogP) is 3.74. The molecule has 6 heteroatoms. The van der Waals surface area contributed by atoms with E-state index in [1.165, 1.54) is 12.1 Å². The zero-order valence-corrected chi connectivity index (χ0v) is 15.7. The molecule has 0 radical (unpaired) electrons. The van der Waals surface area contributed by atoms with Gasteiger partial charge >= 0.3 is 0 Å². The lowest BCUT2D eigenvalue weighted by Gasteiger charge is -2.27. The summed E-state index contributed by atoms with van der Waals surface area (Å²) in [6.45, 7) is 1.97. The number of rotatable bonds is 6. The Labute approximate surface area is 158 Å². The molecular formula is C21H23FN2O3. The number of carbonyl (C=O) groups excluding carboxylic acids is 1. The Kier molecular flexibility index (Phi) is 5.74. The lowest BCUT2D eigenvalue weighted by atomic mass is 10.0. The van der Waals surface area contributed by atoms with Crippen LogP contribution in [0.2, 0.25) is 0 Å². The van der Waals surface area contributed by atoms with Gasteiger partial charge in [0.1, 0.15) is 11.6 Å². The van der Waals surface area contributed by atoms with Crippen molar-refractivity contribution in [2.24, 2.45) is 5.16 Å². The molecule has 1 heterocycles. The molecule has 3 rings (SSSR count). The molecule has 2 atom stereocenters. The van der Waals surface area contributed by atoms with Crippen LogP contribution in [0.25, 0.3) is 0 Å². The summed E-state index contributed by atoms with van der Waals surface area (Å²) in [7, 11) is 3.38. The van der Waals surface area contributed by atoms with Gasteiger partial charge in [0.05, 0.1) is 18.9 Å². The third kappa shape index (κ3) is 4.45. The number of halogens is 1. The molecule has 0 saturated heterocycles. The second-order valence-electron chi connectivity index (χ2n) is 6.66. The number of amides is 1. The van der Waals surface area contributed by atoms with Gasteiger partial charge < -0.3 is 14.5 Å². The number of likely N-dealkylation sites (N-methyl/N-ethyl adjacent to an activating group) is 1. The summed E-state index contributed by atoms with van der Waals surface area (Å²) in [4.78, 5) is 19.8. The topological polar surface area (TPSA) is 51.1 Å². The number of ether oxygens (including phenoxy) is 1. The molecule has 2 aromatic rings. The molecule has 27 heavy (non-hydrogen) atoms. The highest BCUT2D eigenvalue weighted by atomic mass is 19.1. The second-order valence-corrected chi connectivity index (χ2v) is 6.66. The van der Waals surface area contributed by atoms with E-state index >= 15 is 0 Å². The largest absolute Gasteiger partial charge is 0.497 e. The molecule has 0 aliphatic carbocycles. The summed E-state index contributed by atoms with van der Waals surface area (Å²) in [5.74, 6) is 0.389. The molecule has 1 aliphatic rings. The van der Waals surface area contributed by atoms with E-state index in [-0.39, 0.29) is 17.8 Å². The first-order chi connectivity index (χ1) is 13.0. The fourth-order valence-corrected chi connectivity index (χ4v) is 3.03. The Morgan fingerprint density at radius 1 is 1.26 bits per heavy atom. The van der Waals surface area contributed by atoms with E-state index in [1.54, 1.807) is 31.2 Å². The van der Waals surface area contributed by atoms with Crippen molar-refractivity contribution in [2.45, 2.75) is 31.9 Å². The molecule has 0 fully saturated rings. The van der Waals surface area contributed by atoms with E-state index in [4.69, 9.17) is 9.57 Å². The minimum atomic E-state index is -0.619. The number of nitrogens with zero attached hydrogens (tertiary/aromatic N) is 2. The van der Waals surface area contributed by atoms with Crippen molar-refractivity contribution in [2.75, 3.05) is 14.2 Å². The fourth-order valence-electron chi connectivity index (χ4n) is 3.03. The summed E-state index contributed by atoms with van der Waals surface area (Å²) >= 11 is 0. The lowest BCUT2D eigenvalue weighted by Crippen LogP contribution is -2.38. The summed E-state index contributed by atoms with van der Waals surface area (Å²) in [5.41, 5.74) is 2.73. The Hall–Kier alpha value is -2.89. The Bertz CT molecular complexity index is 818. The van der Waals surface area contributed by atoms with Crippen molar-refractivity contribution in [1.82, 2.24) is 4.90 Å². The maximum Gasteiger partial charge on any atom is 0.267 e. The quantitative estimate of drug-likeness (QED) is 0.778. The number of methoxy groups -OCH3 is 1.